The van der Waals surface area contributed by atoms with Gasteiger partial charge in [-0.25, -0.2) is 0 Å². The standard InChI is InChI=1S/C12H19IO3/c1-9-5-6-12(7-14,16-8-15-4)11(2,3)10(9)13/h7H,5-6,8H2,1-4H3/t12-/m1/s1. The van der Waals surface area contributed by atoms with Crippen LogP contribution in [0.25, 0.3) is 0 Å². The molecule has 1 aliphatic rings. The molecule has 0 bridgehead atoms. The van der Waals surface area contributed by atoms with Gasteiger partial charge in [0.1, 0.15) is 12.4 Å². The normalized spacial score (nSPS) is 29.3. The summed E-state index contributed by atoms with van der Waals surface area (Å²) in [4.78, 5) is 11.4. The molecule has 0 amide bonds. The second-order valence-corrected chi connectivity index (χ2v) is 5.86. The zero-order valence-electron chi connectivity index (χ0n) is 10.3. The Morgan fingerprint density at radius 1 is 1.50 bits per heavy atom. The van der Waals surface area contributed by atoms with Crippen LogP contribution in [0.2, 0.25) is 0 Å². The predicted molar refractivity (Wildman–Crippen MR) is 71.5 cm³/mol. The van der Waals surface area contributed by atoms with Gasteiger partial charge in [-0.15, -0.1) is 0 Å². The van der Waals surface area contributed by atoms with E-state index in [1.807, 2.05) is 0 Å². The van der Waals surface area contributed by atoms with Crippen LogP contribution in [0, 0.1) is 5.41 Å². The number of hydrogen-bond donors (Lipinski definition) is 0. The summed E-state index contributed by atoms with van der Waals surface area (Å²) in [6.45, 7) is 6.39. The Bertz CT molecular complexity index is 309. The lowest BCUT2D eigenvalue weighted by Crippen LogP contribution is -2.51. The van der Waals surface area contributed by atoms with Crippen molar-refractivity contribution in [2.45, 2.75) is 39.2 Å². The van der Waals surface area contributed by atoms with Crippen LogP contribution < -0.4 is 0 Å². The largest absolute Gasteiger partial charge is 0.359 e. The number of ether oxygens (including phenoxy) is 2. The van der Waals surface area contributed by atoms with E-state index in [2.05, 4.69) is 43.4 Å². The monoisotopic (exact) mass is 338 g/mol. The average molecular weight is 338 g/mol. The number of carbonyl (C=O) groups excluding carboxylic acids is 1. The van der Waals surface area contributed by atoms with Crippen molar-refractivity contribution < 1.29 is 14.3 Å². The summed E-state index contributed by atoms with van der Waals surface area (Å²) < 4.78 is 11.8. The number of rotatable bonds is 4. The lowest BCUT2D eigenvalue weighted by molar-refractivity contribution is -0.176. The van der Waals surface area contributed by atoms with Crippen molar-refractivity contribution in [2.75, 3.05) is 13.9 Å². The third kappa shape index (κ3) is 2.19. The predicted octanol–water partition coefficient (Wildman–Crippen LogP) is 3.07. The van der Waals surface area contributed by atoms with Gasteiger partial charge >= 0.3 is 0 Å². The summed E-state index contributed by atoms with van der Waals surface area (Å²) in [5.41, 5.74) is 0.318. The van der Waals surface area contributed by atoms with Gasteiger partial charge in [-0.2, -0.15) is 0 Å². The Kier molecular flexibility index (Phi) is 4.54. The molecule has 0 fully saturated rings. The van der Waals surface area contributed by atoms with E-state index in [4.69, 9.17) is 9.47 Å². The van der Waals surface area contributed by atoms with Crippen LogP contribution in [0.4, 0.5) is 0 Å². The first kappa shape index (κ1) is 14.1. The maximum Gasteiger partial charge on any atom is 0.152 e. The van der Waals surface area contributed by atoms with Crippen molar-refractivity contribution in [3.05, 3.63) is 9.15 Å². The van der Waals surface area contributed by atoms with Crippen molar-refractivity contribution in [1.82, 2.24) is 0 Å². The zero-order chi connectivity index (χ0) is 12.4. The van der Waals surface area contributed by atoms with Crippen LogP contribution in [0.5, 0.6) is 0 Å². The molecule has 0 aliphatic heterocycles. The maximum absolute atomic E-state index is 11.4. The van der Waals surface area contributed by atoms with Crippen molar-refractivity contribution in [3.8, 4) is 0 Å². The SMILES string of the molecule is COCO[C@@]1(C=O)CCC(C)=C(I)C1(C)C. The van der Waals surface area contributed by atoms with Crippen LogP contribution in [-0.4, -0.2) is 25.8 Å². The topological polar surface area (TPSA) is 35.5 Å². The first-order valence-electron chi connectivity index (χ1n) is 5.36. The second kappa shape index (κ2) is 5.14. The van der Waals surface area contributed by atoms with Gasteiger partial charge in [0.05, 0.1) is 0 Å². The minimum absolute atomic E-state index is 0.158. The molecule has 1 aliphatic carbocycles. The average Bonchev–Trinajstić information content (AvgIpc) is 2.26. The number of hydrogen-bond acceptors (Lipinski definition) is 3. The van der Waals surface area contributed by atoms with Gasteiger partial charge in [-0.05, 0) is 45.9 Å². The van der Waals surface area contributed by atoms with E-state index < -0.39 is 5.60 Å². The van der Waals surface area contributed by atoms with Crippen molar-refractivity contribution in [2.24, 2.45) is 5.41 Å². The van der Waals surface area contributed by atoms with Gasteiger partial charge in [-0.1, -0.05) is 19.4 Å². The smallest absolute Gasteiger partial charge is 0.152 e. The lowest BCUT2D eigenvalue weighted by atomic mass is 9.68. The minimum atomic E-state index is -0.751. The molecular formula is C12H19IO3. The maximum atomic E-state index is 11.4. The van der Waals surface area contributed by atoms with Crippen LogP contribution in [-0.2, 0) is 14.3 Å². The van der Waals surface area contributed by atoms with Gasteiger partial charge in [-0.3, -0.25) is 0 Å². The number of allylic oxidation sites excluding steroid dienone is 1. The first-order chi connectivity index (χ1) is 7.41. The van der Waals surface area contributed by atoms with Gasteiger partial charge < -0.3 is 14.3 Å². The summed E-state index contributed by atoms with van der Waals surface area (Å²) in [5.74, 6) is 0. The van der Waals surface area contributed by atoms with E-state index >= 15 is 0 Å². The Hall–Kier alpha value is 0.0600. The Morgan fingerprint density at radius 3 is 2.62 bits per heavy atom. The molecule has 92 valence electrons. The Balaban J connectivity index is 3.08. The highest BCUT2D eigenvalue weighted by Gasteiger charge is 2.50. The van der Waals surface area contributed by atoms with Crippen LogP contribution in [0.15, 0.2) is 9.15 Å². The third-order valence-corrected chi connectivity index (χ3v) is 5.75. The molecule has 0 heterocycles. The van der Waals surface area contributed by atoms with Crippen molar-refractivity contribution >= 4 is 28.9 Å². The fraction of sp³-hybridized carbons (Fsp3) is 0.750. The molecule has 4 heteroatoms. The highest BCUT2D eigenvalue weighted by Crippen LogP contribution is 2.50. The highest BCUT2D eigenvalue weighted by molar-refractivity contribution is 14.1. The molecule has 0 saturated heterocycles. The molecule has 0 aromatic heterocycles. The number of carbonyl (C=O) groups is 1. The second-order valence-electron chi connectivity index (χ2n) is 4.78. The number of methoxy groups -OCH3 is 1. The van der Waals surface area contributed by atoms with Crippen molar-refractivity contribution in [3.63, 3.8) is 0 Å². The summed E-state index contributed by atoms with van der Waals surface area (Å²) >= 11 is 2.33. The molecular weight excluding hydrogens is 319 g/mol. The summed E-state index contributed by atoms with van der Waals surface area (Å²) in [5, 5.41) is 0. The van der Waals surface area contributed by atoms with E-state index in [0.717, 1.165) is 19.1 Å². The molecule has 0 unspecified atom stereocenters. The lowest BCUT2D eigenvalue weighted by Gasteiger charge is -2.46. The van der Waals surface area contributed by atoms with Gasteiger partial charge in [0.15, 0.2) is 6.29 Å². The van der Waals surface area contributed by atoms with E-state index in [1.165, 1.54) is 9.15 Å². The molecule has 1 rings (SSSR count). The van der Waals surface area contributed by atoms with Crippen LogP contribution >= 0.6 is 22.6 Å². The third-order valence-electron chi connectivity index (χ3n) is 3.48. The van der Waals surface area contributed by atoms with E-state index in [-0.39, 0.29) is 12.2 Å². The van der Waals surface area contributed by atoms with E-state index in [9.17, 15) is 4.79 Å². The molecule has 0 aromatic carbocycles. The van der Waals surface area contributed by atoms with Crippen LogP contribution in [0.1, 0.15) is 33.6 Å². The molecule has 0 aromatic rings. The Labute approximate surface area is 111 Å². The summed E-state index contributed by atoms with van der Waals surface area (Å²) in [6.07, 6.45) is 2.58. The molecule has 3 nitrogen and oxygen atoms in total. The molecule has 0 saturated carbocycles. The molecule has 1 atom stereocenters. The zero-order valence-corrected chi connectivity index (χ0v) is 12.5. The van der Waals surface area contributed by atoms with E-state index in [1.54, 1.807) is 7.11 Å². The number of halogens is 1. The van der Waals surface area contributed by atoms with Gasteiger partial charge in [0, 0.05) is 12.5 Å². The summed E-state index contributed by atoms with van der Waals surface area (Å²) in [6, 6.07) is 0. The molecule has 0 N–H and O–H groups in total. The summed E-state index contributed by atoms with van der Waals surface area (Å²) in [7, 11) is 1.57. The molecule has 0 radical (unpaired) electrons. The van der Waals surface area contributed by atoms with Gasteiger partial charge in [0.2, 0.25) is 0 Å². The van der Waals surface area contributed by atoms with Gasteiger partial charge in [0.25, 0.3) is 0 Å². The fourth-order valence-electron chi connectivity index (χ4n) is 2.17. The first-order valence-corrected chi connectivity index (χ1v) is 6.44. The Morgan fingerprint density at radius 2 is 2.12 bits per heavy atom. The quantitative estimate of drug-likeness (QED) is 0.449. The number of aldehydes is 1. The highest BCUT2D eigenvalue weighted by atomic mass is 127. The minimum Gasteiger partial charge on any atom is -0.359 e. The van der Waals surface area contributed by atoms with Crippen LogP contribution in [0.3, 0.4) is 0 Å². The fourth-order valence-corrected chi connectivity index (χ4v) is 2.90. The molecule has 16 heavy (non-hydrogen) atoms. The molecule has 0 spiro atoms. The van der Waals surface area contributed by atoms with E-state index in [0.29, 0.717) is 0 Å². The van der Waals surface area contributed by atoms with Crippen molar-refractivity contribution in [1.29, 1.82) is 0 Å².